The first-order chi connectivity index (χ1) is 14.6. The lowest BCUT2D eigenvalue weighted by Gasteiger charge is -2.14. The van der Waals surface area contributed by atoms with Crippen LogP contribution in [-0.2, 0) is 0 Å². The van der Waals surface area contributed by atoms with Crippen molar-refractivity contribution in [1.82, 2.24) is 19.5 Å². The van der Waals surface area contributed by atoms with Crippen molar-refractivity contribution >= 4 is 45.3 Å². The van der Waals surface area contributed by atoms with Crippen molar-refractivity contribution in [3.63, 3.8) is 0 Å². The molecule has 3 heterocycles. The van der Waals surface area contributed by atoms with Crippen molar-refractivity contribution in [2.24, 2.45) is 0 Å². The molecule has 0 radical (unpaired) electrons. The Kier molecular flexibility index (Phi) is 4.56. The zero-order valence-electron chi connectivity index (χ0n) is 16.6. The summed E-state index contributed by atoms with van der Waals surface area (Å²) in [5.74, 6) is 2.30. The molecule has 5 rings (SSSR count). The molecule has 0 amide bonds. The number of aromatic nitrogens is 4. The first-order valence-electron chi connectivity index (χ1n) is 9.74. The summed E-state index contributed by atoms with van der Waals surface area (Å²) in [6, 6.07) is 19.5. The van der Waals surface area contributed by atoms with Crippen molar-refractivity contribution in [3.8, 4) is 11.5 Å². The number of hydrogen-bond donors (Lipinski definition) is 2. The minimum Gasteiger partial charge on any atom is -0.457 e. The summed E-state index contributed by atoms with van der Waals surface area (Å²) in [5, 5.41) is 3.87. The molecule has 0 bridgehead atoms. The molecule has 150 valence electrons. The van der Waals surface area contributed by atoms with Gasteiger partial charge in [-0.25, -0.2) is 9.97 Å². The number of hydrogen-bond acceptors (Lipinski definition) is 4. The molecule has 0 aliphatic heterocycles. The number of nitrogens with one attached hydrogen (secondary N) is 2. The van der Waals surface area contributed by atoms with E-state index in [2.05, 4.69) is 33.7 Å². The highest BCUT2D eigenvalue weighted by atomic mass is 35.5. The lowest BCUT2D eigenvalue weighted by molar-refractivity contribution is 0.483. The lowest BCUT2D eigenvalue weighted by atomic mass is 10.2. The fraction of sp³-hybridized carbons (Fsp3) is 0.130. The van der Waals surface area contributed by atoms with Gasteiger partial charge >= 0.3 is 0 Å². The fourth-order valence-corrected chi connectivity index (χ4v) is 3.71. The van der Waals surface area contributed by atoms with E-state index in [-0.39, 0.29) is 6.04 Å². The highest BCUT2D eigenvalue weighted by Gasteiger charge is 2.16. The number of pyridine rings is 1. The molecular formula is C23H20ClN5O. The number of fused-ring (bicyclic) bond motifs is 2. The molecule has 0 saturated heterocycles. The number of anilines is 2. The van der Waals surface area contributed by atoms with E-state index in [1.165, 1.54) is 0 Å². The van der Waals surface area contributed by atoms with Gasteiger partial charge in [0.25, 0.3) is 0 Å². The Balaban J connectivity index is 1.56. The van der Waals surface area contributed by atoms with Crippen LogP contribution in [0.1, 0.15) is 19.9 Å². The Morgan fingerprint density at radius 1 is 1.00 bits per heavy atom. The molecule has 0 atom stereocenters. The second-order valence-electron chi connectivity index (χ2n) is 7.32. The van der Waals surface area contributed by atoms with Crippen LogP contribution in [-0.4, -0.2) is 19.5 Å². The van der Waals surface area contributed by atoms with Crippen LogP contribution in [0.3, 0.4) is 0 Å². The number of para-hydroxylation sites is 1. The third kappa shape index (κ3) is 3.35. The molecule has 0 aliphatic carbocycles. The maximum absolute atomic E-state index is 6.09. The summed E-state index contributed by atoms with van der Waals surface area (Å²) in [7, 11) is 0. The van der Waals surface area contributed by atoms with Crippen LogP contribution in [0.5, 0.6) is 11.5 Å². The number of H-pyrrole nitrogens is 1. The summed E-state index contributed by atoms with van der Waals surface area (Å²) in [4.78, 5) is 12.5. The standard InChI is InChI=1S/C23H20ClN5O/c1-14(2)29-20-12-16(30-15-6-4-3-5-7-15)8-9-17(20)26-23(29)27-19-13-25-18-10-11-21(24)28-22(18)19/h3-14,25H,1-2H3,(H,26,27). The van der Waals surface area contributed by atoms with E-state index in [0.717, 1.165) is 45.2 Å². The van der Waals surface area contributed by atoms with E-state index < -0.39 is 0 Å². The van der Waals surface area contributed by atoms with Gasteiger partial charge in [0.1, 0.15) is 22.2 Å². The van der Waals surface area contributed by atoms with Crippen molar-refractivity contribution in [2.45, 2.75) is 19.9 Å². The fourth-order valence-electron chi connectivity index (χ4n) is 3.56. The predicted octanol–water partition coefficient (Wildman–Crippen LogP) is 6.68. The molecule has 2 aromatic carbocycles. The summed E-state index contributed by atoms with van der Waals surface area (Å²) in [5.41, 5.74) is 4.39. The van der Waals surface area contributed by atoms with Gasteiger partial charge in [0.2, 0.25) is 5.95 Å². The first-order valence-corrected chi connectivity index (χ1v) is 10.1. The largest absolute Gasteiger partial charge is 0.457 e. The van der Waals surface area contributed by atoms with Gasteiger partial charge in [-0.1, -0.05) is 29.8 Å². The predicted molar refractivity (Wildman–Crippen MR) is 121 cm³/mol. The Hall–Kier alpha value is -3.51. The Morgan fingerprint density at radius 2 is 1.83 bits per heavy atom. The Bertz CT molecular complexity index is 1340. The van der Waals surface area contributed by atoms with Crippen LogP contribution in [0.25, 0.3) is 22.1 Å². The second-order valence-corrected chi connectivity index (χ2v) is 7.71. The quantitative estimate of drug-likeness (QED) is 0.313. The van der Waals surface area contributed by atoms with E-state index in [1.54, 1.807) is 6.07 Å². The number of rotatable bonds is 5. The monoisotopic (exact) mass is 417 g/mol. The highest BCUT2D eigenvalue weighted by Crippen LogP contribution is 2.32. The molecule has 2 N–H and O–H groups in total. The van der Waals surface area contributed by atoms with Gasteiger partial charge in [-0.3, -0.25) is 0 Å². The average Bonchev–Trinajstić information content (AvgIpc) is 3.29. The van der Waals surface area contributed by atoms with Crippen molar-refractivity contribution < 1.29 is 4.74 Å². The molecule has 3 aromatic heterocycles. The molecule has 0 spiro atoms. The molecule has 0 fully saturated rings. The van der Waals surface area contributed by atoms with Gasteiger partial charge in [0, 0.05) is 18.3 Å². The minimum atomic E-state index is 0.186. The van der Waals surface area contributed by atoms with E-state index in [4.69, 9.17) is 21.3 Å². The van der Waals surface area contributed by atoms with Crippen molar-refractivity contribution in [1.29, 1.82) is 0 Å². The minimum absolute atomic E-state index is 0.186. The molecular weight excluding hydrogens is 398 g/mol. The van der Waals surface area contributed by atoms with Crippen LogP contribution in [0, 0.1) is 0 Å². The number of benzene rings is 2. The average molecular weight is 418 g/mol. The van der Waals surface area contributed by atoms with Gasteiger partial charge in [0.15, 0.2) is 0 Å². The van der Waals surface area contributed by atoms with E-state index in [0.29, 0.717) is 5.15 Å². The number of imidazole rings is 1. The first kappa shape index (κ1) is 18.5. The van der Waals surface area contributed by atoms with E-state index >= 15 is 0 Å². The number of ether oxygens (including phenoxy) is 1. The third-order valence-corrected chi connectivity index (χ3v) is 5.10. The van der Waals surface area contributed by atoms with Crippen LogP contribution in [0.15, 0.2) is 66.9 Å². The molecule has 30 heavy (non-hydrogen) atoms. The van der Waals surface area contributed by atoms with Gasteiger partial charge in [0.05, 0.1) is 22.2 Å². The van der Waals surface area contributed by atoms with Crippen molar-refractivity contribution in [2.75, 3.05) is 5.32 Å². The molecule has 0 aliphatic rings. The topological polar surface area (TPSA) is 67.8 Å². The van der Waals surface area contributed by atoms with E-state index in [9.17, 15) is 0 Å². The van der Waals surface area contributed by atoms with Crippen LogP contribution < -0.4 is 10.1 Å². The smallest absolute Gasteiger partial charge is 0.208 e. The molecule has 5 aromatic rings. The zero-order valence-corrected chi connectivity index (χ0v) is 17.3. The summed E-state index contributed by atoms with van der Waals surface area (Å²) >= 11 is 6.09. The maximum atomic E-state index is 6.09. The number of aromatic amines is 1. The summed E-state index contributed by atoms with van der Waals surface area (Å²) < 4.78 is 8.17. The molecule has 6 nitrogen and oxygen atoms in total. The summed E-state index contributed by atoms with van der Waals surface area (Å²) in [6.07, 6.45) is 1.88. The Labute approximate surface area is 178 Å². The molecule has 0 unspecified atom stereocenters. The van der Waals surface area contributed by atoms with Crippen molar-refractivity contribution in [3.05, 3.63) is 72.0 Å². The SMILES string of the molecule is CC(C)n1c(Nc2c[nH]c3ccc(Cl)nc23)nc2ccc(Oc3ccccc3)cc21. The van der Waals surface area contributed by atoms with Gasteiger partial charge in [-0.2, -0.15) is 0 Å². The van der Waals surface area contributed by atoms with Gasteiger partial charge < -0.3 is 19.6 Å². The van der Waals surface area contributed by atoms with Crippen LogP contribution in [0.4, 0.5) is 11.6 Å². The maximum Gasteiger partial charge on any atom is 0.208 e. The second kappa shape index (κ2) is 7.39. The Morgan fingerprint density at radius 3 is 2.63 bits per heavy atom. The number of halogens is 1. The third-order valence-electron chi connectivity index (χ3n) is 4.89. The lowest BCUT2D eigenvalue weighted by Crippen LogP contribution is -2.06. The van der Waals surface area contributed by atoms with Crippen LogP contribution in [0.2, 0.25) is 5.15 Å². The van der Waals surface area contributed by atoms with E-state index in [1.807, 2.05) is 60.8 Å². The van der Waals surface area contributed by atoms with Gasteiger partial charge in [-0.15, -0.1) is 0 Å². The number of nitrogens with zero attached hydrogens (tertiary/aromatic N) is 3. The van der Waals surface area contributed by atoms with Gasteiger partial charge in [-0.05, 0) is 50.2 Å². The normalized spacial score (nSPS) is 11.5. The van der Waals surface area contributed by atoms with Crippen LogP contribution >= 0.6 is 11.6 Å². The molecule has 0 saturated carbocycles. The zero-order chi connectivity index (χ0) is 20.7. The highest BCUT2D eigenvalue weighted by molar-refractivity contribution is 6.29. The molecule has 7 heteroatoms. The summed E-state index contributed by atoms with van der Waals surface area (Å²) in [6.45, 7) is 4.25.